The first-order valence-electron chi connectivity index (χ1n) is 12.0. The Balaban J connectivity index is 1.37. The van der Waals surface area contributed by atoms with Crippen molar-refractivity contribution in [2.45, 2.75) is 6.18 Å². The number of aromatic amines is 1. The summed E-state index contributed by atoms with van der Waals surface area (Å²) in [5.41, 5.74) is -2.05. The molecule has 4 N–H and O–H groups in total. The summed E-state index contributed by atoms with van der Waals surface area (Å²) in [4.78, 5) is 38.5. The van der Waals surface area contributed by atoms with Crippen molar-refractivity contribution in [1.29, 1.82) is 0 Å². The summed E-state index contributed by atoms with van der Waals surface area (Å²) in [6, 6.07) is 11.4. The second-order valence-electron chi connectivity index (χ2n) is 8.62. The number of carbonyl (C=O) groups excluding carboxylic acids is 2. The molecule has 0 spiro atoms. The van der Waals surface area contributed by atoms with E-state index in [2.05, 4.69) is 30.6 Å². The van der Waals surface area contributed by atoms with Crippen LogP contribution in [0, 0.1) is 11.8 Å². The van der Waals surface area contributed by atoms with E-state index in [1.165, 1.54) is 25.4 Å². The van der Waals surface area contributed by atoms with E-state index < -0.39 is 40.7 Å². The fourth-order valence-corrected chi connectivity index (χ4v) is 3.88. The number of anilines is 3. The Bertz CT molecular complexity index is 1800. The standard InChI is InChI=1S/C27H18F5N7O3/c1-33-24(40)21-12-15(6-8-34-21)42-14-3-5-19-20(11-14)39-26(38-19)36-13-2-4-18(16(10-13)27(30,31)32)37-25(41)22-17(28)7-9-35-23(22)29/h2-12H,1H3,(H,33,40)(H,37,41)(H2,36,38,39). The molecule has 2 aromatic carbocycles. The summed E-state index contributed by atoms with van der Waals surface area (Å²) in [5, 5.41) is 7.09. The van der Waals surface area contributed by atoms with Crippen molar-refractivity contribution in [2.24, 2.45) is 0 Å². The number of nitrogens with zero attached hydrogens (tertiary/aromatic N) is 3. The summed E-state index contributed by atoms with van der Waals surface area (Å²) in [5.74, 6) is -3.76. The molecule has 3 heterocycles. The lowest BCUT2D eigenvalue weighted by Gasteiger charge is -2.16. The second kappa shape index (κ2) is 11.1. The largest absolute Gasteiger partial charge is 0.457 e. The Morgan fingerprint density at radius 1 is 0.905 bits per heavy atom. The predicted octanol–water partition coefficient (Wildman–Crippen LogP) is 5.80. The molecule has 0 saturated heterocycles. The van der Waals surface area contributed by atoms with Gasteiger partial charge in [-0.25, -0.2) is 14.4 Å². The number of halogens is 5. The van der Waals surface area contributed by atoms with E-state index in [9.17, 15) is 31.5 Å². The number of carbonyl (C=O) groups is 2. The van der Waals surface area contributed by atoms with E-state index in [1.54, 1.807) is 24.3 Å². The molecule has 0 radical (unpaired) electrons. The minimum Gasteiger partial charge on any atom is -0.457 e. The average molecular weight is 583 g/mol. The number of nitrogens with one attached hydrogen (secondary N) is 4. The molecule has 0 aliphatic rings. The van der Waals surface area contributed by atoms with E-state index in [0.29, 0.717) is 34.7 Å². The quantitative estimate of drug-likeness (QED) is 0.141. The maximum Gasteiger partial charge on any atom is 0.418 e. The summed E-state index contributed by atoms with van der Waals surface area (Å²) < 4.78 is 75.1. The Morgan fingerprint density at radius 2 is 1.67 bits per heavy atom. The van der Waals surface area contributed by atoms with Crippen LogP contribution in [-0.2, 0) is 6.18 Å². The maximum atomic E-state index is 13.9. The summed E-state index contributed by atoms with van der Waals surface area (Å²) >= 11 is 0. The molecular formula is C27H18F5N7O3. The van der Waals surface area contributed by atoms with Crippen LogP contribution in [0.1, 0.15) is 26.4 Å². The lowest BCUT2D eigenvalue weighted by atomic mass is 10.1. The number of imidazole rings is 1. The highest BCUT2D eigenvalue weighted by Gasteiger charge is 2.35. The van der Waals surface area contributed by atoms with Crippen LogP contribution < -0.4 is 20.7 Å². The first-order chi connectivity index (χ1) is 20.0. The van der Waals surface area contributed by atoms with Gasteiger partial charge >= 0.3 is 6.18 Å². The molecule has 3 aromatic heterocycles. The number of amides is 2. The molecule has 0 saturated carbocycles. The Morgan fingerprint density at radius 3 is 2.40 bits per heavy atom. The van der Waals surface area contributed by atoms with Gasteiger partial charge in [0.25, 0.3) is 11.8 Å². The molecule has 0 unspecified atom stereocenters. The number of H-pyrrole nitrogens is 1. The summed E-state index contributed by atoms with van der Waals surface area (Å²) in [7, 11) is 1.47. The van der Waals surface area contributed by atoms with Crippen LogP contribution in [0.15, 0.2) is 67.0 Å². The van der Waals surface area contributed by atoms with E-state index in [1.807, 2.05) is 5.32 Å². The zero-order valence-corrected chi connectivity index (χ0v) is 21.3. The molecular weight excluding hydrogens is 565 g/mol. The minimum atomic E-state index is -4.93. The highest BCUT2D eigenvalue weighted by atomic mass is 19.4. The number of ether oxygens (including phenoxy) is 1. The average Bonchev–Trinajstić information content (AvgIpc) is 3.34. The number of alkyl halides is 3. The molecule has 2 amide bonds. The van der Waals surface area contributed by atoms with Gasteiger partial charge in [-0.1, -0.05) is 0 Å². The molecule has 10 nitrogen and oxygen atoms in total. The lowest BCUT2D eigenvalue weighted by molar-refractivity contribution is -0.136. The van der Waals surface area contributed by atoms with Gasteiger partial charge in [0.05, 0.1) is 22.3 Å². The zero-order chi connectivity index (χ0) is 30.0. The molecule has 0 fully saturated rings. The van der Waals surface area contributed by atoms with E-state index >= 15 is 0 Å². The number of hydrogen-bond acceptors (Lipinski definition) is 7. The third-order valence-corrected chi connectivity index (χ3v) is 5.80. The van der Waals surface area contributed by atoms with Gasteiger partial charge in [-0.3, -0.25) is 14.6 Å². The molecule has 0 atom stereocenters. The van der Waals surface area contributed by atoms with Crippen molar-refractivity contribution in [1.82, 2.24) is 25.3 Å². The van der Waals surface area contributed by atoms with Crippen molar-refractivity contribution >= 4 is 40.2 Å². The molecule has 5 aromatic rings. The number of aromatic nitrogens is 4. The Labute approximate surface area is 233 Å². The Kier molecular flexibility index (Phi) is 7.39. The number of benzene rings is 2. The van der Waals surface area contributed by atoms with Crippen LogP contribution in [0.3, 0.4) is 0 Å². The molecule has 15 heteroatoms. The van der Waals surface area contributed by atoms with Crippen LogP contribution in [0.5, 0.6) is 11.5 Å². The van der Waals surface area contributed by atoms with Gasteiger partial charge in [0.15, 0.2) is 0 Å². The summed E-state index contributed by atoms with van der Waals surface area (Å²) in [6.45, 7) is 0. The van der Waals surface area contributed by atoms with Crippen molar-refractivity contribution in [3.05, 3.63) is 95.6 Å². The van der Waals surface area contributed by atoms with E-state index in [-0.39, 0.29) is 23.2 Å². The third-order valence-electron chi connectivity index (χ3n) is 5.80. The molecule has 0 bridgehead atoms. The lowest BCUT2D eigenvalue weighted by Crippen LogP contribution is -2.19. The van der Waals surface area contributed by atoms with Gasteiger partial charge in [0.1, 0.15) is 28.6 Å². The molecule has 214 valence electrons. The normalized spacial score (nSPS) is 11.3. The van der Waals surface area contributed by atoms with Crippen molar-refractivity contribution in [2.75, 3.05) is 17.7 Å². The van der Waals surface area contributed by atoms with Crippen molar-refractivity contribution in [3.8, 4) is 11.5 Å². The smallest absolute Gasteiger partial charge is 0.418 e. The van der Waals surface area contributed by atoms with Crippen LogP contribution in [0.25, 0.3) is 11.0 Å². The third kappa shape index (κ3) is 5.94. The van der Waals surface area contributed by atoms with E-state index in [0.717, 1.165) is 12.3 Å². The highest BCUT2D eigenvalue weighted by Crippen LogP contribution is 2.37. The fourth-order valence-electron chi connectivity index (χ4n) is 3.88. The van der Waals surface area contributed by atoms with Gasteiger partial charge in [0, 0.05) is 37.3 Å². The van der Waals surface area contributed by atoms with Crippen LogP contribution >= 0.6 is 0 Å². The first kappa shape index (κ1) is 27.9. The van der Waals surface area contributed by atoms with Gasteiger partial charge in [-0.15, -0.1) is 0 Å². The van der Waals surface area contributed by atoms with Gasteiger partial charge in [-0.05, 0) is 42.5 Å². The topological polar surface area (TPSA) is 134 Å². The number of pyridine rings is 2. The SMILES string of the molecule is CNC(=O)c1cc(Oc2ccc3[nH]c(Nc4ccc(NC(=O)c5c(F)ccnc5F)c(C(F)(F)F)c4)nc3c2)ccn1. The number of rotatable bonds is 7. The number of fused-ring (bicyclic) bond motifs is 1. The molecule has 42 heavy (non-hydrogen) atoms. The van der Waals surface area contributed by atoms with Crippen LogP contribution in [0.2, 0.25) is 0 Å². The Hall–Kier alpha value is -5.60. The maximum absolute atomic E-state index is 13.9. The molecule has 0 aliphatic carbocycles. The summed E-state index contributed by atoms with van der Waals surface area (Å²) in [6.07, 6.45) is -2.74. The van der Waals surface area contributed by atoms with Crippen LogP contribution in [0.4, 0.5) is 39.3 Å². The van der Waals surface area contributed by atoms with Gasteiger partial charge in [-0.2, -0.15) is 17.6 Å². The monoisotopic (exact) mass is 583 g/mol. The first-order valence-corrected chi connectivity index (χ1v) is 12.0. The second-order valence-corrected chi connectivity index (χ2v) is 8.62. The molecule has 5 rings (SSSR count). The van der Waals surface area contributed by atoms with Crippen LogP contribution in [-0.4, -0.2) is 38.8 Å². The fraction of sp³-hybridized carbons (Fsp3) is 0.0741. The van der Waals surface area contributed by atoms with Gasteiger partial charge in [0.2, 0.25) is 11.9 Å². The predicted molar refractivity (Wildman–Crippen MR) is 141 cm³/mol. The number of hydrogen-bond donors (Lipinski definition) is 4. The van der Waals surface area contributed by atoms with Crippen molar-refractivity contribution in [3.63, 3.8) is 0 Å². The van der Waals surface area contributed by atoms with Gasteiger partial charge < -0.3 is 25.7 Å². The zero-order valence-electron chi connectivity index (χ0n) is 21.3. The highest BCUT2D eigenvalue weighted by molar-refractivity contribution is 6.05. The van der Waals surface area contributed by atoms with E-state index in [4.69, 9.17) is 4.74 Å². The minimum absolute atomic E-state index is 0.0480. The van der Waals surface area contributed by atoms with Crippen molar-refractivity contribution < 1.29 is 36.3 Å². The molecule has 0 aliphatic heterocycles.